The first-order valence-electron chi connectivity index (χ1n) is 12.2. The minimum Gasteiger partial charge on any atom is -0.488 e. The molecule has 198 valence electrons. The van der Waals surface area contributed by atoms with Crippen LogP contribution in [-0.4, -0.2) is 52.7 Å². The quantitative estimate of drug-likeness (QED) is 0.253. The Morgan fingerprint density at radius 3 is 2.47 bits per heavy atom. The molecular formula is C27H29ClN6O4. The van der Waals surface area contributed by atoms with Gasteiger partial charge in [0, 0.05) is 26.7 Å². The molecule has 0 saturated heterocycles. The second-order valence-corrected chi connectivity index (χ2v) is 9.54. The number of carbonyl (C=O) groups excluding carboxylic acids is 3. The van der Waals surface area contributed by atoms with Gasteiger partial charge in [-0.3, -0.25) is 14.4 Å². The van der Waals surface area contributed by atoms with Crippen molar-refractivity contribution < 1.29 is 19.1 Å². The Labute approximate surface area is 225 Å². The average Bonchev–Trinajstić information content (AvgIpc) is 3.40. The number of ether oxygens (including phenoxy) is 1. The number of hydrogen-bond acceptors (Lipinski definition) is 8. The summed E-state index contributed by atoms with van der Waals surface area (Å²) in [5.41, 5.74) is 1.72. The van der Waals surface area contributed by atoms with Gasteiger partial charge in [-0.15, -0.1) is 0 Å². The second kappa shape index (κ2) is 11.9. The van der Waals surface area contributed by atoms with Gasteiger partial charge in [0.2, 0.25) is 11.9 Å². The molecule has 0 bridgehead atoms. The van der Waals surface area contributed by atoms with E-state index in [4.69, 9.17) is 16.3 Å². The number of benzene rings is 2. The highest BCUT2D eigenvalue weighted by Crippen LogP contribution is 2.33. The van der Waals surface area contributed by atoms with E-state index in [1.165, 1.54) is 32.1 Å². The molecule has 0 radical (unpaired) electrons. The molecule has 1 saturated carbocycles. The summed E-state index contributed by atoms with van der Waals surface area (Å²) in [7, 11) is 3.03. The molecule has 0 spiro atoms. The van der Waals surface area contributed by atoms with E-state index in [0.717, 1.165) is 25.7 Å². The van der Waals surface area contributed by atoms with Gasteiger partial charge >= 0.3 is 0 Å². The lowest BCUT2D eigenvalue weighted by atomic mass is 10.1. The topological polar surface area (TPSA) is 126 Å². The molecule has 38 heavy (non-hydrogen) atoms. The SMILES string of the molecule is CC(=O)Nc1cc(Nc2ncc(Cl)c(Nc3ccccc3C(=O)C(=O)N(C)C)n2)ccc1OC1CCCC1. The van der Waals surface area contributed by atoms with E-state index in [2.05, 4.69) is 25.9 Å². The Balaban J connectivity index is 1.57. The van der Waals surface area contributed by atoms with E-state index in [9.17, 15) is 14.4 Å². The molecule has 1 aliphatic carbocycles. The van der Waals surface area contributed by atoms with Crippen molar-refractivity contribution in [3.05, 3.63) is 59.2 Å². The van der Waals surface area contributed by atoms with Gasteiger partial charge in [-0.2, -0.15) is 4.98 Å². The fourth-order valence-electron chi connectivity index (χ4n) is 4.06. The highest BCUT2D eigenvalue weighted by molar-refractivity contribution is 6.43. The third-order valence-corrected chi connectivity index (χ3v) is 6.19. The second-order valence-electron chi connectivity index (χ2n) is 9.13. The zero-order chi connectivity index (χ0) is 27.2. The number of anilines is 5. The van der Waals surface area contributed by atoms with Gasteiger partial charge in [0.15, 0.2) is 5.82 Å². The van der Waals surface area contributed by atoms with Crippen molar-refractivity contribution in [2.24, 2.45) is 0 Å². The Hall–Kier alpha value is -4.18. The summed E-state index contributed by atoms with van der Waals surface area (Å²) in [5.74, 6) is -0.453. The minimum atomic E-state index is -0.660. The van der Waals surface area contributed by atoms with Crippen LogP contribution in [0, 0.1) is 0 Å². The lowest BCUT2D eigenvalue weighted by molar-refractivity contribution is -0.124. The molecule has 1 aromatic heterocycles. The van der Waals surface area contributed by atoms with Crippen molar-refractivity contribution in [2.45, 2.75) is 38.7 Å². The van der Waals surface area contributed by atoms with E-state index in [0.29, 0.717) is 22.8 Å². The van der Waals surface area contributed by atoms with E-state index in [1.807, 2.05) is 6.07 Å². The Bertz CT molecular complexity index is 1360. The summed E-state index contributed by atoms with van der Waals surface area (Å²) in [4.78, 5) is 46.6. The van der Waals surface area contributed by atoms with E-state index in [1.54, 1.807) is 36.4 Å². The van der Waals surface area contributed by atoms with Gasteiger partial charge in [0.05, 0.1) is 29.2 Å². The lowest BCUT2D eigenvalue weighted by Gasteiger charge is -2.18. The number of hydrogen-bond donors (Lipinski definition) is 3. The first-order valence-corrected chi connectivity index (χ1v) is 12.6. The van der Waals surface area contributed by atoms with Crippen molar-refractivity contribution in [1.82, 2.24) is 14.9 Å². The number of carbonyl (C=O) groups is 3. The van der Waals surface area contributed by atoms with Gasteiger partial charge in [0.1, 0.15) is 10.8 Å². The number of Topliss-reactive ketones (excluding diaryl/α,β-unsaturated/α-hetero) is 1. The summed E-state index contributed by atoms with van der Waals surface area (Å²) in [6.45, 7) is 1.44. The van der Waals surface area contributed by atoms with Crippen molar-refractivity contribution in [3.63, 3.8) is 0 Å². The summed E-state index contributed by atoms with van der Waals surface area (Å²) in [6, 6.07) is 12.0. The maximum atomic E-state index is 12.7. The smallest absolute Gasteiger partial charge is 0.294 e. The van der Waals surface area contributed by atoms with Gasteiger partial charge < -0.3 is 25.6 Å². The van der Waals surface area contributed by atoms with Crippen molar-refractivity contribution in [2.75, 3.05) is 30.0 Å². The molecule has 2 aromatic carbocycles. The normalized spacial score (nSPS) is 13.1. The minimum absolute atomic E-state index is 0.136. The number of para-hydroxylation sites is 1. The molecule has 0 unspecified atom stereocenters. The number of amides is 2. The fourth-order valence-corrected chi connectivity index (χ4v) is 4.20. The third kappa shape index (κ3) is 6.57. The predicted octanol–water partition coefficient (Wildman–Crippen LogP) is 5.17. The van der Waals surface area contributed by atoms with Crippen molar-refractivity contribution >= 4 is 58.0 Å². The number of nitrogens with one attached hydrogen (secondary N) is 3. The van der Waals surface area contributed by atoms with Crippen LogP contribution < -0.4 is 20.7 Å². The summed E-state index contributed by atoms with van der Waals surface area (Å²) < 4.78 is 6.12. The molecule has 11 heteroatoms. The van der Waals surface area contributed by atoms with Gasteiger partial charge in [-0.1, -0.05) is 23.7 Å². The van der Waals surface area contributed by atoms with Crippen LogP contribution in [-0.2, 0) is 9.59 Å². The van der Waals surface area contributed by atoms with Crippen LogP contribution in [0.15, 0.2) is 48.7 Å². The Morgan fingerprint density at radius 1 is 1.03 bits per heavy atom. The standard InChI is InChI=1S/C27H29ClN6O4/c1-16(35)30-22-14-17(12-13-23(22)38-18-8-4-5-9-18)31-27-29-15-20(28)25(33-27)32-21-11-7-6-10-19(21)24(36)26(37)34(2)3/h6-7,10-15,18H,4-5,8-9H2,1-3H3,(H,30,35)(H2,29,31,32,33). The van der Waals surface area contributed by atoms with Gasteiger partial charge in [-0.25, -0.2) is 4.98 Å². The molecule has 1 fully saturated rings. The molecule has 3 aromatic rings. The lowest BCUT2D eigenvalue weighted by Crippen LogP contribution is -2.30. The Morgan fingerprint density at radius 2 is 1.76 bits per heavy atom. The summed E-state index contributed by atoms with van der Waals surface area (Å²) in [6.07, 6.45) is 5.81. The van der Waals surface area contributed by atoms with E-state index >= 15 is 0 Å². The third-order valence-electron chi connectivity index (χ3n) is 5.91. The van der Waals surface area contributed by atoms with Crippen LogP contribution in [0.4, 0.5) is 28.8 Å². The number of likely N-dealkylation sites (N-methyl/N-ethyl adjacent to an activating group) is 1. The molecule has 4 rings (SSSR count). The van der Waals surface area contributed by atoms with Crippen LogP contribution in [0.3, 0.4) is 0 Å². The van der Waals surface area contributed by atoms with Crippen LogP contribution >= 0.6 is 11.6 Å². The van der Waals surface area contributed by atoms with Crippen LogP contribution in [0.25, 0.3) is 0 Å². The fraction of sp³-hybridized carbons (Fsp3) is 0.296. The van der Waals surface area contributed by atoms with E-state index < -0.39 is 11.7 Å². The molecular weight excluding hydrogens is 508 g/mol. The average molecular weight is 537 g/mol. The highest BCUT2D eigenvalue weighted by Gasteiger charge is 2.22. The zero-order valence-electron chi connectivity index (χ0n) is 21.4. The van der Waals surface area contributed by atoms with Crippen molar-refractivity contribution in [1.29, 1.82) is 0 Å². The van der Waals surface area contributed by atoms with Gasteiger partial charge in [0.25, 0.3) is 11.7 Å². The number of nitrogens with zero attached hydrogens (tertiary/aromatic N) is 3. The van der Waals surface area contributed by atoms with Crippen LogP contribution in [0.5, 0.6) is 5.75 Å². The summed E-state index contributed by atoms with van der Waals surface area (Å²) in [5, 5.41) is 9.18. The number of aromatic nitrogens is 2. The molecule has 2 amide bonds. The molecule has 3 N–H and O–H groups in total. The van der Waals surface area contributed by atoms with Gasteiger partial charge in [-0.05, 0) is 56.0 Å². The summed E-state index contributed by atoms with van der Waals surface area (Å²) >= 11 is 6.34. The monoisotopic (exact) mass is 536 g/mol. The van der Waals surface area contributed by atoms with Crippen molar-refractivity contribution in [3.8, 4) is 5.75 Å². The Kier molecular flexibility index (Phi) is 8.42. The first kappa shape index (κ1) is 26.9. The number of ketones is 1. The number of halogens is 1. The number of rotatable bonds is 9. The molecule has 1 aliphatic rings. The molecule has 1 heterocycles. The highest BCUT2D eigenvalue weighted by atomic mass is 35.5. The van der Waals surface area contributed by atoms with E-state index in [-0.39, 0.29) is 34.4 Å². The molecule has 10 nitrogen and oxygen atoms in total. The zero-order valence-corrected chi connectivity index (χ0v) is 22.1. The largest absolute Gasteiger partial charge is 0.488 e. The molecule has 0 aliphatic heterocycles. The molecule has 0 atom stereocenters. The maximum absolute atomic E-state index is 12.7. The maximum Gasteiger partial charge on any atom is 0.294 e. The van der Waals surface area contributed by atoms with Crippen LogP contribution in [0.1, 0.15) is 43.0 Å². The van der Waals surface area contributed by atoms with Crippen LogP contribution in [0.2, 0.25) is 5.02 Å². The predicted molar refractivity (Wildman–Crippen MR) is 147 cm³/mol. The first-order chi connectivity index (χ1) is 18.2.